The molecule has 0 atom stereocenters. The van der Waals surface area contributed by atoms with Crippen LogP contribution in [0.4, 0.5) is 0 Å². The summed E-state index contributed by atoms with van der Waals surface area (Å²) < 4.78 is 1.26. The maximum atomic E-state index is 4.45. The summed E-state index contributed by atoms with van der Waals surface area (Å²) in [4.78, 5) is 4.45. The second kappa shape index (κ2) is 3.68. The molecular formula is C8H7NS3. The van der Waals surface area contributed by atoms with Gasteiger partial charge in [0, 0.05) is 0 Å². The normalized spacial score (nSPS) is 10.8. The van der Waals surface area contributed by atoms with E-state index in [1.165, 1.54) is 15.5 Å². The fraction of sp³-hybridized carbons (Fsp3) is 0.125. The van der Waals surface area contributed by atoms with Crippen LogP contribution < -0.4 is 0 Å². The minimum atomic E-state index is 0.891. The van der Waals surface area contributed by atoms with Gasteiger partial charge in [-0.2, -0.15) is 0 Å². The summed E-state index contributed by atoms with van der Waals surface area (Å²) in [6.07, 6.45) is 0. The standard InChI is InChI=1S/C8H7NS3/c10-11-5-8-9-6-3-1-2-4-7(6)12-8/h1-4,10H,5H2. The molecule has 0 saturated carbocycles. The van der Waals surface area contributed by atoms with Crippen LogP contribution in [-0.2, 0) is 5.75 Å². The van der Waals surface area contributed by atoms with Crippen molar-refractivity contribution >= 4 is 44.0 Å². The number of benzene rings is 1. The summed E-state index contributed by atoms with van der Waals surface area (Å²) in [5, 5.41) is 1.15. The highest BCUT2D eigenvalue weighted by Gasteiger charge is 2.00. The van der Waals surface area contributed by atoms with Crippen LogP contribution in [0.15, 0.2) is 24.3 Å². The molecule has 12 heavy (non-hydrogen) atoms. The van der Waals surface area contributed by atoms with Crippen LogP contribution in [0.1, 0.15) is 5.01 Å². The van der Waals surface area contributed by atoms with Crippen LogP contribution in [0.2, 0.25) is 0 Å². The smallest absolute Gasteiger partial charge is 0.105 e. The van der Waals surface area contributed by atoms with E-state index in [1.807, 2.05) is 18.2 Å². The summed E-state index contributed by atoms with van der Waals surface area (Å²) in [7, 11) is 1.51. The van der Waals surface area contributed by atoms with Crippen LogP contribution >= 0.6 is 33.8 Å². The van der Waals surface area contributed by atoms with Crippen molar-refractivity contribution in [3.8, 4) is 0 Å². The van der Waals surface area contributed by atoms with Gasteiger partial charge in [-0.1, -0.05) is 22.9 Å². The molecule has 0 fully saturated rings. The van der Waals surface area contributed by atoms with Gasteiger partial charge >= 0.3 is 0 Å². The molecule has 0 amide bonds. The third kappa shape index (κ3) is 1.60. The zero-order valence-corrected chi connectivity index (χ0v) is 8.75. The van der Waals surface area contributed by atoms with Gasteiger partial charge in [-0.3, -0.25) is 0 Å². The summed E-state index contributed by atoms with van der Waals surface area (Å²) in [6.45, 7) is 0. The van der Waals surface area contributed by atoms with Crippen molar-refractivity contribution in [2.45, 2.75) is 5.75 Å². The Kier molecular flexibility index (Phi) is 2.58. The Balaban J connectivity index is 2.47. The minimum Gasteiger partial charge on any atom is -0.240 e. The quantitative estimate of drug-likeness (QED) is 0.606. The molecular weight excluding hydrogens is 206 g/mol. The van der Waals surface area contributed by atoms with Gasteiger partial charge in [0.05, 0.1) is 16.0 Å². The highest BCUT2D eigenvalue weighted by atomic mass is 33.1. The zero-order valence-electron chi connectivity index (χ0n) is 6.23. The largest absolute Gasteiger partial charge is 0.240 e. The van der Waals surface area contributed by atoms with Crippen molar-refractivity contribution in [2.75, 3.05) is 0 Å². The van der Waals surface area contributed by atoms with Crippen LogP contribution in [0, 0.1) is 0 Å². The fourth-order valence-corrected chi connectivity index (χ4v) is 3.02. The molecule has 62 valence electrons. The molecule has 4 heteroatoms. The zero-order chi connectivity index (χ0) is 8.39. The first-order chi connectivity index (χ1) is 5.90. The van der Waals surface area contributed by atoms with Gasteiger partial charge in [0.1, 0.15) is 5.01 Å². The molecule has 1 heterocycles. The number of aromatic nitrogens is 1. The number of hydrogen-bond acceptors (Lipinski definition) is 4. The Hall–Kier alpha value is -0.190. The molecule has 0 bridgehead atoms. The minimum absolute atomic E-state index is 0.891. The number of para-hydroxylation sites is 1. The highest BCUT2D eigenvalue weighted by Crippen LogP contribution is 2.25. The van der Waals surface area contributed by atoms with E-state index in [0.29, 0.717) is 0 Å². The Labute approximate surface area is 84.0 Å². The van der Waals surface area contributed by atoms with E-state index < -0.39 is 0 Å². The van der Waals surface area contributed by atoms with Gasteiger partial charge in [-0.05, 0) is 12.1 Å². The molecule has 0 radical (unpaired) electrons. The summed E-state index contributed by atoms with van der Waals surface area (Å²) >= 11 is 5.84. The van der Waals surface area contributed by atoms with Gasteiger partial charge in [0.2, 0.25) is 0 Å². The second-order valence-corrected chi connectivity index (χ2v) is 4.79. The van der Waals surface area contributed by atoms with Crippen LogP contribution in [0.25, 0.3) is 10.2 Å². The molecule has 2 rings (SSSR count). The first-order valence-corrected chi connectivity index (χ1v) is 6.36. The van der Waals surface area contributed by atoms with E-state index in [1.54, 1.807) is 11.3 Å². The molecule has 0 spiro atoms. The Morgan fingerprint density at radius 1 is 1.42 bits per heavy atom. The van der Waals surface area contributed by atoms with Crippen molar-refractivity contribution in [1.29, 1.82) is 0 Å². The molecule has 1 aromatic carbocycles. The van der Waals surface area contributed by atoms with Crippen molar-refractivity contribution in [3.05, 3.63) is 29.3 Å². The monoisotopic (exact) mass is 213 g/mol. The Morgan fingerprint density at radius 2 is 2.25 bits per heavy atom. The maximum Gasteiger partial charge on any atom is 0.105 e. The molecule has 0 aliphatic carbocycles. The Bertz CT molecular complexity index is 349. The van der Waals surface area contributed by atoms with Gasteiger partial charge < -0.3 is 0 Å². The third-order valence-corrected chi connectivity index (χ3v) is 3.54. The lowest BCUT2D eigenvalue weighted by Crippen LogP contribution is -1.72. The maximum absolute atomic E-state index is 4.45. The van der Waals surface area contributed by atoms with E-state index in [9.17, 15) is 0 Å². The topological polar surface area (TPSA) is 12.9 Å². The van der Waals surface area contributed by atoms with Gasteiger partial charge in [0.15, 0.2) is 0 Å². The van der Waals surface area contributed by atoms with Crippen molar-refractivity contribution in [2.24, 2.45) is 0 Å². The van der Waals surface area contributed by atoms with Crippen LogP contribution in [0.5, 0.6) is 0 Å². The molecule has 0 saturated heterocycles. The molecule has 0 N–H and O–H groups in total. The molecule has 1 aromatic heterocycles. The molecule has 0 aliphatic rings. The lowest BCUT2D eigenvalue weighted by Gasteiger charge is -1.84. The lowest BCUT2D eigenvalue weighted by atomic mass is 10.3. The number of thiazole rings is 1. The van der Waals surface area contributed by atoms with Gasteiger partial charge in [-0.15, -0.1) is 23.0 Å². The summed E-state index contributed by atoms with van der Waals surface area (Å²) in [6, 6.07) is 8.19. The third-order valence-electron chi connectivity index (χ3n) is 1.53. The highest BCUT2D eigenvalue weighted by molar-refractivity contribution is 8.68. The van der Waals surface area contributed by atoms with Crippen LogP contribution in [-0.4, -0.2) is 4.98 Å². The Morgan fingerprint density at radius 3 is 3.00 bits per heavy atom. The lowest BCUT2D eigenvalue weighted by molar-refractivity contribution is 1.32. The predicted octanol–water partition coefficient (Wildman–Crippen LogP) is 3.37. The SMILES string of the molecule is SSCc1nc2ccccc2s1. The number of nitrogens with zero attached hydrogens (tertiary/aromatic N) is 1. The average molecular weight is 213 g/mol. The van der Waals surface area contributed by atoms with Crippen molar-refractivity contribution in [3.63, 3.8) is 0 Å². The number of fused-ring (bicyclic) bond motifs is 1. The van der Waals surface area contributed by atoms with Crippen LogP contribution in [0.3, 0.4) is 0 Å². The van der Waals surface area contributed by atoms with Crippen molar-refractivity contribution in [1.82, 2.24) is 4.98 Å². The van der Waals surface area contributed by atoms with E-state index >= 15 is 0 Å². The first-order valence-electron chi connectivity index (χ1n) is 3.51. The molecule has 0 aliphatic heterocycles. The summed E-state index contributed by atoms with van der Waals surface area (Å²) in [5.41, 5.74) is 1.10. The molecule has 1 nitrogen and oxygen atoms in total. The van der Waals surface area contributed by atoms with E-state index in [2.05, 4.69) is 22.7 Å². The van der Waals surface area contributed by atoms with Crippen molar-refractivity contribution < 1.29 is 0 Å². The molecule has 0 unspecified atom stereocenters. The average Bonchev–Trinajstić information content (AvgIpc) is 2.47. The predicted molar refractivity (Wildman–Crippen MR) is 59.9 cm³/mol. The second-order valence-electron chi connectivity index (χ2n) is 2.35. The number of rotatable bonds is 2. The molecule has 2 aromatic rings. The van der Waals surface area contributed by atoms with E-state index in [0.717, 1.165) is 16.3 Å². The first kappa shape index (κ1) is 8.41. The van der Waals surface area contributed by atoms with Gasteiger partial charge in [-0.25, -0.2) is 4.98 Å². The number of hydrogen-bond donors (Lipinski definition) is 1. The van der Waals surface area contributed by atoms with E-state index in [4.69, 9.17) is 0 Å². The van der Waals surface area contributed by atoms with E-state index in [-0.39, 0.29) is 0 Å². The fourth-order valence-electron chi connectivity index (χ4n) is 1.04. The van der Waals surface area contributed by atoms with Gasteiger partial charge in [0.25, 0.3) is 0 Å². The number of thiol groups is 1. The summed E-state index contributed by atoms with van der Waals surface area (Å²) in [5.74, 6) is 0.891.